The molecule has 0 unspecified atom stereocenters. The predicted molar refractivity (Wildman–Crippen MR) is 213 cm³/mol. The molecule has 296 valence electrons. The molecule has 3 amide bonds. The first-order chi connectivity index (χ1) is 26.5. The van der Waals surface area contributed by atoms with E-state index in [9.17, 15) is 19.5 Å². The molecule has 3 aliphatic rings. The van der Waals surface area contributed by atoms with Gasteiger partial charge in [0.2, 0.25) is 17.7 Å². The van der Waals surface area contributed by atoms with E-state index in [-0.39, 0.29) is 61.0 Å². The third kappa shape index (κ3) is 11.2. The van der Waals surface area contributed by atoms with Crippen LogP contribution in [0.1, 0.15) is 120 Å². The molecule has 0 spiro atoms. The number of carbonyl (C=O) groups is 3. The minimum Gasteiger partial charge on any atom is -0.397 e. The van der Waals surface area contributed by atoms with Crippen molar-refractivity contribution in [2.24, 2.45) is 5.92 Å². The van der Waals surface area contributed by atoms with Gasteiger partial charge in [-0.05, 0) is 87.6 Å². The maximum atomic E-state index is 13.8. The Morgan fingerprint density at radius 3 is 2.25 bits per heavy atom. The fourth-order valence-corrected chi connectivity index (χ4v) is 8.31. The molecule has 6 atom stereocenters. The zero-order valence-corrected chi connectivity index (χ0v) is 32.6. The molecule has 11 heteroatoms. The van der Waals surface area contributed by atoms with Crippen LogP contribution in [0.3, 0.4) is 0 Å². The first-order valence-electron chi connectivity index (χ1n) is 20.0. The third-order valence-corrected chi connectivity index (χ3v) is 11.1. The quantitative estimate of drug-likeness (QED) is 0.121. The second-order valence-corrected chi connectivity index (χ2v) is 16.5. The summed E-state index contributed by atoms with van der Waals surface area (Å²) in [4.78, 5) is 41.2. The molecule has 2 saturated heterocycles. The number of nitrogens with one attached hydrogen (secondary N) is 3. The largest absolute Gasteiger partial charge is 0.397 e. The molecule has 3 aromatic rings. The van der Waals surface area contributed by atoms with Crippen LogP contribution in [0.5, 0.6) is 0 Å². The van der Waals surface area contributed by atoms with Crippen LogP contribution in [0.2, 0.25) is 0 Å². The Bertz CT molecular complexity index is 1740. The summed E-state index contributed by atoms with van der Waals surface area (Å²) < 4.78 is 13.4. The van der Waals surface area contributed by atoms with Crippen LogP contribution in [-0.2, 0) is 37.0 Å². The van der Waals surface area contributed by atoms with Crippen molar-refractivity contribution in [3.63, 3.8) is 0 Å². The number of nitrogens with zero attached hydrogens (tertiary/aromatic N) is 1. The Kier molecular flexibility index (Phi) is 13.6. The highest BCUT2D eigenvalue weighted by Crippen LogP contribution is 2.42. The monoisotopic (exact) mass is 753 g/mol. The summed E-state index contributed by atoms with van der Waals surface area (Å²) in [7, 11) is 0. The summed E-state index contributed by atoms with van der Waals surface area (Å²) in [6, 6.07) is 23.0. The van der Waals surface area contributed by atoms with Crippen LogP contribution in [0.4, 0.5) is 11.4 Å². The fraction of sp³-hybridized carbons (Fsp3) is 0.523. The van der Waals surface area contributed by atoms with Crippen LogP contribution in [-0.4, -0.2) is 58.0 Å². The van der Waals surface area contributed by atoms with Gasteiger partial charge in [-0.15, -0.1) is 0 Å². The number of carbonyl (C=O) groups excluding carboxylic acids is 3. The molecule has 0 bridgehead atoms. The summed E-state index contributed by atoms with van der Waals surface area (Å²) in [6.45, 7) is 7.08. The Hall–Kier alpha value is -4.29. The molecule has 2 heterocycles. The Morgan fingerprint density at radius 2 is 1.53 bits per heavy atom. The lowest BCUT2D eigenvalue weighted by Crippen LogP contribution is -2.61. The molecule has 0 radical (unpaired) electrons. The van der Waals surface area contributed by atoms with E-state index in [0.29, 0.717) is 49.3 Å². The number of benzene rings is 3. The van der Waals surface area contributed by atoms with E-state index in [2.05, 4.69) is 20.9 Å². The minimum absolute atomic E-state index is 0.0235. The number of hydrogen-bond acceptors (Lipinski definition) is 8. The molecule has 1 saturated carbocycles. The molecule has 6 N–H and O–H groups in total. The fourth-order valence-electron chi connectivity index (χ4n) is 8.31. The number of ether oxygens (including phenoxy) is 2. The van der Waals surface area contributed by atoms with Gasteiger partial charge in [0.05, 0.1) is 36.2 Å². The third-order valence-electron chi connectivity index (χ3n) is 11.1. The van der Waals surface area contributed by atoms with Gasteiger partial charge in [0, 0.05) is 49.5 Å². The van der Waals surface area contributed by atoms with E-state index >= 15 is 0 Å². The smallest absolute Gasteiger partial charge is 0.237 e. The molecular formula is C44H59N5O6. The predicted octanol–water partition coefficient (Wildman–Crippen LogP) is 6.67. The van der Waals surface area contributed by atoms with E-state index in [1.165, 1.54) is 19.3 Å². The number of fused-ring (bicyclic) bond motifs is 1. The number of rotatable bonds is 13. The van der Waals surface area contributed by atoms with Gasteiger partial charge >= 0.3 is 0 Å². The molecule has 1 aliphatic carbocycles. The number of aliphatic hydroxyl groups excluding tert-OH is 1. The van der Waals surface area contributed by atoms with Gasteiger partial charge in [-0.1, -0.05) is 73.5 Å². The van der Waals surface area contributed by atoms with Crippen LogP contribution in [0, 0.1) is 5.92 Å². The lowest BCUT2D eigenvalue weighted by atomic mass is 9.75. The van der Waals surface area contributed by atoms with Crippen molar-refractivity contribution in [3.05, 3.63) is 95.1 Å². The second kappa shape index (κ2) is 18.6. The molecule has 11 nitrogen and oxygen atoms in total. The van der Waals surface area contributed by atoms with Gasteiger partial charge in [0.1, 0.15) is 0 Å². The average Bonchev–Trinajstić information content (AvgIpc) is 3.17. The molecule has 3 aromatic carbocycles. The zero-order valence-electron chi connectivity index (χ0n) is 32.6. The first kappa shape index (κ1) is 40.4. The van der Waals surface area contributed by atoms with Crippen LogP contribution >= 0.6 is 0 Å². The summed E-state index contributed by atoms with van der Waals surface area (Å²) in [6.07, 6.45) is 7.12. The highest BCUT2D eigenvalue weighted by molar-refractivity contribution is 5.94. The van der Waals surface area contributed by atoms with Crippen LogP contribution in [0.15, 0.2) is 72.8 Å². The number of hydrogen-bond donors (Lipinski definition) is 5. The van der Waals surface area contributed by atoms with Crippen molar-refractivity contribution < 1.29 is 29.0 Å². The van der Waals surface area contributed by atoms with Crippen molar-refractivity contribution in [1.82, 2.24) is 15.5 Å². The number of amides is 3. The van der Waals surface area contributed by atoms with Crippen LogP contribution in [0.25, 0.3) is 0 Å². The highest BCUT2D eigenvalue weighted by Gasteiger charge is 2.44. The number of nitrogens with two attached hydrogens (primary N) is 1. The van der Waals surface area contributed by atoms with Gasteiger partial charge in [-0.3, -0.25) is 19.3 Å². The maximum Gasteiger partial charge on any atom is 0.237 e. The molecule has 3 fully saturated rings. The van der Waals surface area contributed by atoms with Crippen LogP contribution < -0.4 is 21.7 Å². The van der Waals surface area contributed by atoms with Gasteiger partial charge < -0.3 is 36.3 Å². The number of para-hydroxylation sites is 2. The molecule has 0 aromatic heterocycles. The molecule has 6 rings (SSSR count). The molecular weight excluding hydrogens is 695 g/mol. The number of likely N-dealkylation sites (tertiary alicyclic amines) is 1. The molecule has 2 aliphatic heterocycles. The lowest BCUT2D eigenvalue weighted by molar-refractivity contribution is -0.255. The number of aliphatic hydroxyl groups is 1. The average molecular weight is 754 g/mol. The number of piperidine rings is 1. The highest BCUT2D eigenvalue weighted by atomic mass is 16.7. The van der Waals surface area contributed by atoms with E-state index in [1.807, 2.05) is 69.3 Å². The topological polar surface area (TPSA) is 155 Å². The summed E-state index contributed by atoms with van der Waals surface area (Å²) in [5.74, 6) is 0.385. The zero-order chi connectivity index (χ0) is 39.0. The minimum atomic E-state index is -0.629. The van der Waals surface area contributed by atoms with E-state index in [1.54, 1.807) is 24.3 Å². The van der Waals surface area contributed by atoms with E-state index < -0.39 is 6.29 Å². The standard InChI is InChI=1S/C44H59N5O6/c1-44(2,3)48-42(53)38-24-23-31-9-4-7-12-37(31)49(38)27-34-25-39(32-19-17-30(28-50)18-20-32)55-43(54-34)33-21-15-29(16-22-33)26-46-40(51)13-8-14-41(52)47-36-11-6-5-10-35(36)45/h5-6,10-11,15-22,31,34,37-39,43,50H,4,7-9,12-14,23-28,45H2,1-3H3,(H,46,51)(H,47,52)(H,48,53)/t31-,34-,37-,38-,39+,43+/m1/s1. The van der Waals surface area contributed by atoms with E-state index in [4.69, 9.17) is 15.2 Å². The van der Waals surface area contributed by atoms with Gasteiger partial charge in [-0.25, -0.2) is 0 Å². The Labute approximate surface area is 325 Å². The normalized spacial score (nSPS) is 24.4. The van der Waals surface area contributed by atoms with Crippen molar-refractivity contribution in [1.29, 1.82) is 0 Å². The second-order valence-electron chi connectivity index (χ2n) is 16.5. The van der Waals surface area contributed by atoms with Gasteiger partial charge in [-0.2, -0.15) is 0 Å². The van der Waals surface area contributed by atoms with Crippen molar-refractivity contribution in [3.8, 4) is 0 Å². The first-order valence-corrected chi connectivity index (χ1v) is 20.0. The number of anilines is 2. The van der Waals surface area contributed by atoms with Gasteiger partial charge in [0.15, 0.2) is 6.29 Å². The number of nitrogen functional groups attached to an aromatic ring is 1. The molecule has 55 heavy (non-hydrogen) atoms. The maximum absolute atomic E-state index is 13.8. The van der Waals surface area contributed by atoms with E-state index in [0.717, 1.165) is 41.5 Å². The van der Waals surface area contributed by atoms with Crippen molar-refractivity contribution in [2.75, 3.05) is 17.6 Å². The summed E-state index contributed by atoms with van der Waals surface area (Å²) in [5, 5.41) is 18.7. The van der Waals surface area contributed by atoms with Gasteiger partial charge in [0.25, 0.3) is 0 Å². The Balaban J connectivity index is 1.10. The SMILES string of the molecule is CC(C)(C)NC(=O)[C@H]1CC[C@H]2CCCC[C@H]2N1C[C@H]1C[C@@H](c2ccc(CO)cc2)O[C@@H](c2ccc(CNC(=O)CCCC(=O)Nc3ccccc3N)cc2)O1. The Morgan fingerprint density at radius 1 is 0.836 bits per heavy atom. The summed E-state index contributed by atoms with van der Waals surface area (Å²) in [5.41, 5.74) is 10.3. The van der Waals surface area contributed by atoms with Crippen molar-refractivity contribution in [2.45, 2.75) is 134 Å². The lowest BCUT2D eigenvalue weighted by Gasteiger charge is -2.50. The summed E-state index contributed by atoms with van der Waals surface area (Å²) >= 11 is 0. The van der Waals surface area contributed by atoms with Crippen molar-refractivity contribution >= 4 is 29.1 Å².